The lowest BCUT2D eigenvalue weighted by atomic mass is 9.71. The van der Waals surface area contributed by atoms with Crippen LogP contribution in [0.5, 0.6) is 5.75 Å². The van der Waals surface area contributed by atoms with Crippen molar-refractivity contribution < 1.29 is 14.7 Å². The van der Waals surface area contributed by atoms with Crippen LogP contribution in [0.15, 0.2) is 43.6 Å². The summed E-state index contributed by atoms with van der Waals surface area (Å²) in [6.45, 7) is 2.86. The van der Waals surface area contributed by atoms with Crippen LogP contribution in [0.4, 0.5) is 0 Å². The first kappa shape index (κ1) is 18.9. The molecule has 0 unspecified atom stereocenters. The number of carbonyl (C=O) groups is 2. The minimum Gasteiger partial charge on any atom is -0.506 e. The highest BCUT2D eigenvalue weighted by Crippen LogP contribution is 2.50. The zero-order valence-corrected chi connectivity index (χ0v) is 18.3. The Morgan fingerprint density at radius 2 is 1.44 bits per heavy atom. The maximum Gasteiger partial charge on any atom is 0.161 e. The Bertz CT molecular complexity index is 849. The van der Waals surface area contributed by atoms with Gasteiger partial charge in [0.05, 0.1) is 8.95 Å². The van der Waals surface area contributed by atoms with Gasteiger partial charge in [-0.15, -0.1) is 0 Å². The van der Waals surface area contributed by atoms with Crippen molar-refractivity contribution in [3.05, 3.63) is 49.2 Å². The monoisotopic (exact) mass is 493 g/mol. The highest BCUT2D eigenvalue weighted by Gasteiger charge is 2.43. The summed E-state index contributed by atoms with van der Waals surface area (Å²) < 4.78 is 1.11. The van der Waals surface area contributed by atoms with Crippen molar-refractivity contribution in [2.24, 2.45) is 0 Å². The van der Waals surface area contributed by atoms with Gasteiger partial charge in [0.15, 0.2) is 11.6 Å². The van der Waals surface area contributed by atoms with Gasteiger partial charge in [0.2, 0.25) is 0 Å². The van der Waals surface area contributed by atoms with Crippen molar-refractivity contribution in [1.82, 2.24) is 4.90 Å². The Hall–Kier alpha value is -1.40. The average Bonchev–Trinajstić information content (AvgIpc) is 2.64. The summed E-state index contributed by atoms with van der Waals surface area (Å²) in [6.07, 6.45) is 4.53. The molecule has 0 spiro atoms. The van der Waals surface area contributed by atoms with Crippen molar-refractivity contribution in [2.45, 2.75) is 51.4 Å². The minimum absolute atomic E-state index is 0.123. The van der Waals surface area contributed by atoms with Crippen LogP contribution in [0.3, 0.4) is 0 Å². The van der Waals surface area contributed by atoms with Gasteiger partial charge in [-0.05, 0) is 82.2 Å². The molecular formula is C21H21Br2NO3. The molecule has 27 heavy (non-hydrogen) atoms. The molecule has 0 bridgehead atoms. The maximum absolute atomic E-state index is 13.0. The number of rotatable bonds is 2. The van der Waals surface area contributed by atoms with E-state index in [1.807, 2.05) is 12.1 Å². The van der Waals surface area contributed by atoms with E-state index in [1.165, 1.54) is 0 Å². The number of Topliss-reactive ketones (excluding diaryl/α,β-unsaturated/α-hetero) is 2. The number of ketones is 2. The van der Waals surface area contributed by atoms with E-state index in [4.69, 9.17) is 0 Å². The number of aromatic hydroxyl groups is 1. The molecule has 3 aliphatic rings. The molecule has 0 aromatic heterocycles. The highest BCUT2D eigenvalue weighted by molar-refractivity contribution is 9.11. The molecule has 0 fully saturated rings. The summed E-state index contributed by atoms with van der Waals surface area (Å²) in [4.78, 5) is 28.2. The first-order valence-corrected chi connectivity index (χ1v) is 11.0. The average molecular weight is 495 g/mol. The largest absolute Gasteiger partial charge is 0.506 e. The van der Waals surface area contributed by atoms with Gasteiger partial charge in [-0.2, -0.15) is 0 Å². The third kappa shape index (κ3) is 3.01. The van der Waals surface area contributed by atoms with Crippen LogP contribution in [0.2, 0.25) is 0 Å². The van der Waals surface area contributed by atoms with E-state index in [0.717, 1.165) is 60.3 Å². The smallest absolute Gasteiger partial charge is 0.161 e. The quantitative estimate of drug-likeness (QED) is 0.602. The summed E-state index contributed by atoms with van der Waals surface area (Å²) in [5.74, 6) is 0.0691. The standard InChI is InChI=1S/C21H21Br2NO3/c1-2-24-14-5-3-7-16(25)19(14)18(20-15(24)6-4-8-17(20)26)11-9-12(22)21(27)13(23)10-11/h9-10,18,27H,2-8H2,1H3. The van der Waals surface area contributed by atoms with E-state index in [9.17, 15) is 14.7 Å². The molecule has 1 aromatic carbocycles. The van der Waals surface area contributed by atoms with Crippen LogP contribution >= 0.6 is 31.9 Å². The van der Waals surface area contributed by atoms with E-state index in [1.54, 1.807) is 0 Å². The lowest BCUT2D eigenvalue weighted by Gasteiger charge is -2.43. The molecule has 1 N–H and O–H groups in total. The Labute approximate surface area is 175 Å². The van der Waals surface area contributed by atoms with Crippen LogP contribution in [0, 0.1) is 0 Å². The fourth-order valence-corrected chi connectivity index (χ4v) is 5.91. The Kier molecular flexibility index (Phi) is 5.06. The summed E-state index contributed by atoms with van der Waals surface area (Å²) in [5, 5.41) is 10.1. The zero-order valence-electron chi connectivity index (χ0n) is 15.1. The Balaban J connectivity index is 1.99. The van der Waals surface area contributed by atoms with Gasteiger partial charge in [-0.3, -0.25) is 9.59 Å². The fourth-order valence-electron chi connectivity index (χ4n) is 4.68. The van der Waals surface area contributed by atoms with Crippen LogP contribution in [0.1, 0.15) is 56.9 Å². The van der Waals surface area contributed by atoms with E-state index in [2.05, 4.69) is 43.7 Å². The van der Waals surface area contributed by atoms with E-state index < -0.39 is 0 Å². The first-order chi connectivity index (χ1) is 12.9. The molecule has 0 amide bonds. The molecular weight excluding hydrogens is 474 g/mol. The van der Waals surface area contributed by atoms with Gasteiger partial charge in [-0.25, -0.2) is 0 Å². The number of allylic oxidation sites excluding steroid dienone is 4. The summed E-state index contributed by atoms with van der Waals surface area (Å²) in [5.41, 5.74) is 4.61. The Morgan fingerprint density at radius 3 is 1.89 bits per heavy atom. The first-order valence-electron chi connectivity index (χ1n) is 9.42. The van der Waals surface area contributed by atoms with Crippen molar-refractivity contribution >= 4 is 43.4 Å². The number of phenols is 1. The lowest BCUT2D eigenvalue weighted by Crippen LogP contribution is -2.39. The maximum atomic E-state index is 13.0. The number of phenolic OH excluding ortho intramolecular Hbond substituents is 1. The Morgan fingerprint density at radius 1 is 0.963 bits per heavy atom. The number of benzene rings is 1. The molecule has 1 heterocycles. The summed E-state index contributed by atoms with van der Waals surface area (Å²) in [7, 11) is 0. The number of hydrogen-bond donors (Lipinski definition) is 1. The van der Waals surface area contributed by atoms with E-state index >= 15 is 0 Å². The number of nitrogens with zero attached hydrogens (tertiary/aromatic N) is 1. The third-order valence-corrected chi connectivity index (χ3v) is 6.98. The van der Waals surface area contributed by atoms with Crippen LogP contribution in [-0.2, 0) is 9.59 Å². The topological polar surface area (TPSA) is 57.6 Å². The molecule has 6 heteroatoms. The number of halogens is 2. The lowest BCUT2D eigenvalue weighted by molar-refractivity contribution is -0.117. The van der Waals surface area contributed by atoms with Gasteiger partial charge in [0.25, 0.3) is 0 Å². The molecule has 1 aromatic rings. The molecule has 4 rings (SSSR count). The minimum atomic E-state index is -0.341. The molecule has 1 aliphatic heterocycles. The van der Waals surface area contributed by atoms with Crippen LogP contribution in [-0.4, -0.2) is 28.1 Å². The molecule has 2 aliphatic carbocycles. The van der Waals surface area contributed by atoms with Crippen LogP contribution < -0.4 is 0 Å². The van der Waals surface area contributed by atoms with E-state index in [0.29, 0.717) is 21.8 Å². The normalized spacial score (nSPS) is 20.9. The molecule has 4 nitrogen and oxygen atoms in total. The van der Waals surface area contributed by atoms with Gasteiger partial charge in [0.1, 0.15) is 5.75 Å². The SMILES string of the molecule is CCN1C2=C(C(=O)CCC2)C(c2cc(Br)c(O)c(Br)c2)C2=C1CCCC2=O. The number of hydrogen-bond acceptors (Lipinski definition) is 4. The van der Waals surface area contributed by atoms with Crippen molar-refractivity contribution in [3.8, 4) is 5.75 Å². The molecule has 142 valence electrons. The summed E-state index contributed by atoms with van der Waals surface area (Å²) >= 11 is 6.81. The third-order valence-electron chi connectivity index (χ3n) is 5.78. The van der Waals surface area contributed by atoms with Gasteiger partial charge < -0.3 is 10.0 Å². The predicted octanol–water partition coefficient (Wildman–Crippen LogP) is 5.35. The number of carbonyl (C=O) groups excluding carboxylic acids is 2. The second-order valence-electron chi connectivity index (χ2n) is 7.28. The molecule has 0 saturated carbocycles. The highest BCUT2D eigenvalue weighted by atomic mass is 79.9. The van der Waals surface area contributed by atoms with Gasteiger partial charge in [-0.1, -0.05) is 0 Å². The van der Waals surface area contributed by atoms with Crippen LogP contribution in [0.25, 0.3) is 0 Å². The van der Waals surface area contributed by atoms with Gasteiger partial charge >= 0.3 is 0 Å². The second-order valence-corrected chi connectivity index (χ2v) is 8.99. The van der Waals surface area contributed by atoms with Gasteiger partial charge in [0, 0.05) is 47.8 Å². The molecule has 0 radical (unpaired) electrons. The van der Waals surface area contributed by atoms with Crippen molar-refractivity contribution in [1.29, 1.82) is 0 Å². The molecule has 0 atom stereocenters. The molecule has 0 saturated heterocycles. The fraction of sp³-hybridized carbons (Fsp3) is 0.429. The second kappa shape index (κ2) is 7.21. The summed E-state index contributed by atoms with van der Waals surface area (Å²) in [6, 6.07) is 3.68. The zero-order chi connectivity index (χ0) is 19.3. The van der Waals surface area contributed by atoms with Crippen molar-refractivity contribution in [2.75, 3.05) is 6.54 Å². The van der Waals surface area contributed by atoms with E-state index in [-0.39, 0.29) is 23.2 Å². The predicted molar refractivity (Wildman–Crippen MR) is 110 cm³/mol. The van der Waals surface area contributed by atoms with Crippen molar-refractivity contribution in [3.63, 3.8) is 0 Å².